The number of fused-ring (bicyclic) bond motifs is 1. The van der Waals surface area contributed by atoms with E-state index in [1.54, 1.807) is 18.2 Å². The van der Waals surface area contributed by atoms with Crippen molar-refractivity contribution in [2.45, 2.75) is 19.8 Å². The molecule has 0 saturated heterocycles. The maximum absolute atomic E-state index is 12.3. The van der Waals surface area contributed by atoms with Gasteiger partial charge >= 0.3 is 0 Å². The van der Waals surface area contributed by atoms with Crippen molar-refractivity contribution in [3.8, 4) is 0 Å². The van der Waals surface area contributed by atoms with Gasteiger partial charge in [-0.1, -0.05) is 19.9 Å². The summed E-state index contributed by atoms with van der Waals surface area (Å²) in [6.07, 6.45) is 0. The van der Waals surface area contributed by atoms with E-state index in [0.29, 0.717) is 11.2 Å². The lowest BCUT2D eigenvalue weighted by Gasteiger charge is -2.11. The van der Waals surface area contributed by atoms with Gasteiger partial charge in [0, 0.05) is 30.3 Å². The fourth-order valence-corrected chi connectivity index (χ4v) is 2.66. The van der Waals surface area contributed by atoms with Crippen LogP contribution in [0.5, 0.6) is 0 Å². The van der Waals surface area contributed by atoms with Gasteiger partial charge in [-0.3, -0.25) is 14.4 Å². The summed E-state index contributed by atoms with van der Waals surface area (Å²) >= 11 is 0. The van der Waals surface area contributed by atoms with E-state index in [1.807, 2.05) is 19.9 Å². The average Bonchev–Trinajstić information content (AvgIpc) is 2.56. The summed E-state index contributed by atoms with van der Waals surface area (Å²) in [5, 5.41) is 7.58. The smallest absolute Gasteiger partial charge is 0.276 e. The Labute approximate surface area is 143 Å². The van der Waals surface area contributed by atoms with E-state index in [1.165, 1.54) is 19.2 Å². The topological polar surface area (TPSA) is 96.9 Å². The van der Waals surface area contributed by atoms with Crippen LogP contribution in [0.2, 0.25) is 0 Å². The van der Waals surface area contributed by atoms with Gasteiger partial charge in [0.05, 0.1) is 5.52 Å². The number of aryl methyl sites for hydroxylation is 1. The van der Waals surface area contributed by atoms with E-state index in [-0.39, 0.29) is 22.7 Å². The number of nitrogens with one attached hydrogen (secondary N) is 2. The van der Waals surface area contributed by atoms with Gasteiger partial charge in [-0.25, -0.2) is 4.68 Å². The van der Waals surface area contributed by atoms with Gasteiger partial charge in [0.25, 0.3) is 11.5 Å². The van der Waals surface area contributed by atoms with Crippen molar-refractivity contribution in [1.29, 1.82) is 0 Å². The minimum atomic E-state index is -0.433. The molecule has 0 aliphatic heterocycles. The van der Waals surface area contributed by atoms with Crippen LogP contribution in [0.25, 0.3) is 10.9 Å². The molecular weight excluding hydrogens is 320 g/mol. The lowest BCUT2D eigenvalue weighted by atomic mass is 9.99. The van der Waals surface area contributed by atoms with Gasteiger partial charge in [0.1, 0.15) is 5.69 Å². The Balaban J connectivity index is 1.96. The molecule has 2 heterocycles. The Morgan fingerprint density at radius 2 is 1.92 bits per heavy atom. The molecule has 2 N–H and O–H groups in total. The van der Waals surface area contributed by atoms with Crippen LogP contribution in [0.3, 0.4) is 0 Å². The minimum absolute atomic E-state index is 0.131. The van der Waals surface area contributed by atoms with Crippen LogP contribution >= 0.6 is 0 Å². The molecule has 3 aromatic rings. The molecule has 0 bridgehead atoms. The second-order valence-electron chi connectivity index (χ2n) is 6.14. The highest BCUT2D eigenvalue weighted by Crippen LogP contribution is 2.25. The predicted molar refractivity (Wildman–Crippen MR) is 96.1 cm³/mol. The van der Waals surface area contributed by atoms with Crippen LogP contribution in [0, 0.1) is 0 Å². The van der Waals surface area contributed by atoms with Crippen molar-refractivity contribution < 1.29 is 4.79 Å². The van der Waals surface area contributed by atoms with Crippen LogP contribution in [-0.2, 0) is 7.05 Å². The third-order valence-corrected chi connectivity index (χ3v) is 3.95. The second-order valence-corrected chi connectivity index (χ2v) is 6.14. The lowest BCUT2D eigenvalue weighted by Crippen LogP contribution is -2.23. The molecule has 0 fully saturated rings. The minimum Gasteiger partial charge on any atom is -0.322 e. The fraction of sp³-hybridized carbons (Fsp3) is 0.222. The van der Waals surface area contributed by atoms with Gasteiger partial charge < -0.3 is 10.3 Å². The van der Waals surface area contributed by atoms with E-state index < -0.39 is 5.91 Å². The summed E-state index contributed by atoms with van der Waals surface area (Å²) in [6.45, 7) is 4.05. The molecule has 7 heteroatoms. The van der Waals surface area contributed by atoms with E-state index in [0.717, 1.165) is 15.6 Å². The zero-order valence-corrected chi connectivity index (χ0v) is 14.2. The summed E-state index contributed by atoms with van der Waals surface area (Å²) < 4.78 is 1.10. The maximum Gasteiger partial charge on any atom is 0.276 e. The number of nitrogens with zero attached hydrogens (tertiary/aromatic N) is 2. The SMILES string of the molecule is CC(C)c1cc(=O)[nH]c2cc(NC(=O)c3ccc(=O)n(C)n3)ccc12. The number of aromatic nitrogens is 3. The molecule has 1 aromatic carbocycles. The lowest BCUT2D eigenvalue weighted by molar-refractivity contribution is 0.102. The zero-order valence-electron chi connectivity index (χ0n) is 14.2. The van der Waals surface area contributed by atoms with Crippen molar-refractivity contribution in [2.24, 2.45) is 7.05 Å². The molecule has 7 nitrogen and oxygen atoms in total. The molecule has 0 unspecified atom stereocenters. The van der Waals surface area contributed by atoms with Crippen LogP contribution in [0.15, 0.2) is 46.0 Å². The molecule has 25 heavy (non-hydrogen) atoms. The normalized spacial score (nSPS) is 11.0. The van der Waals surface area contributed by atoms with Crippen molar-refractivity contribution in [3.63, 3.8) is 0 Å². The van der Waals surface area contributed by atoms with Gasteiger partial charge in [-0.15, -0.1) is 0 Å². The first-order valence-corrected chi connectivity index (χ1v) is 7.88. The highest BCUT2D eigenvalue weighted by Gasteiger charge is 2.11. The molecule has 0 aliphatic rings. The van der Waals surface area contributed by atoms with Crippen LogP contribution < -0.4 is 16.4 Å². The van der Waals surface area contributed by atoms with E-state index in [9.17, 15) is 14.4 Å². The number of anilines is 1. The van der Waals surface area contributed by atoms with E-state index in [2.05, 4.69) is 15.4 Å². The van der Waals surface area contributed by atoms with Crippen LogP contribution in [0.4, 0.5) is 5.69 Å². The molecule has 0 saturated carbocycles. The largest absolute Gasteiger partial charge is 0.322 e. The number of hydrogen-bond donors (Lipinski definition) is 2. The maximum atomic E-state index is 12.3. The number of hydrogen-bond acceptors (Lipinski definition) is 4. The zero-order chi connectivity index (χ0) is 18.1. The molecule has 0 spiro atoms. The molecule has 128 valence electrons. The number of benzene rings is 1. The number of rotatable bonds is 3. The Kier molecular flexibility index (Phi) is 4.22. The Morgan fingerprint density at radius 1 is 1.16 bits per heavy atom. The molecule has 1 amide bonds. The molecule has 0 atom stereocenters. The van der Waals surface area contributed by atoms with Gasteiger partial charge in [-0.2, -0.15) is 5.10 Å². The second kappa shape index (κ2) is 6.35. The number of carbonyl (C=O) groups is 1. The number of pyridine rings is 1. The van der Waals surface area contributed by atoms with Crippen molar-refractivity contribution in [2.75, 3.05) is 5.32 Å². The van der Waals surface area contributed by atoms with Crippen molar-refractivity contribution >= 4 is 22.5 Å². The first-order valence-electron chi connectivity index (χ1n) is 7.88. The Bertz CT molecular complexity index is 1080. The van der Waals surface area contributed by atoms with Gasteiger partial charge in [0.2, 0.25) is 5.56 Å². The summed E-state index contributed by atoms with van der Waals surface area (Å²) in [5.74, 6) is -0.225. The first kappa shape index (κ1) is 16.6. The number of H-pyrrole nitrogens is 1. The number of carbonyl (C=O) groups excluding carboxylic acids is 1. The van der Waals surface area contributed by atoms with Crippen molar-refractivity contribution in [1.82, 2.24) is 14.8 Å². The summed E-state index contributed by atoms with van der Waals surface area (Å²) in [5.41, 5.74) is 1.80. The third-order valence-electron chi connectivity index (χ3n) is 3.95. The monoisotopic (exact) mass is 338 g/mol. The molecular formula is C18H18N4O3. The summed E-state index contributed by atoms with van der Waals surface area (Å²) in [6, 6.07) is 9.60. The average molecular weight is 338 g/mol. The van der Waals surface area contributed by atoms with Crippen LogP contribution in [0.1, 0.15) is 35.8 Å². The van der Waals surface area contributed by atoms with E-state index >= 15 is 0 Å². The Morgan fingerprint density at radius 3 is 2.60 bits per heavy atom. The predicted octanol–water partition coefficient (Wildman–Crippen LogP) is 2.00. The highest BCUT2D eigenvalue weighted by atomic mass is 16.2. The van der Waals surface area contributed by atoms with E-state index in [4.69, 9.17) is 0 Å². The summed E-state index contributed by atoms with van der Waals surface area (Å²) in [7, 11) is 1.48. The molecule has 0 radical (unpaired) electrons. The van der Waals surface area contributed by atoms with Crippen LogP contribution in [-0.4, -0.2) is 20.7 Å². The number of amides is 1. The quantitative estimate of drug-likeness (QED) is 0.763. The van der Waals surface area contributed by atoms with Gasteiger partial charge in [-0.05, 0) is 29.7 Å². The van der Waals surface area contributed by atoms with Gasteiger partial charge in [0.15, 0.2) is 0 Å². The molecule has 0 aliphatic carbocycles. The van der Waals surface area contributed by atoms with Crippen molar-refractivity contribution in [3.05, 3.63) is 68.4 Å². The number of aromatic amines is 1. The standard InChI is InChI=1S/C18H18N4O3/c1-10(2)13-9-16(23)20-15-8-11(4-5-12(13)15)19-18(25)14-6-7-17(24)22(3)21-14/h4-10H,1-3H3,(H,19,25)(H,20,23). The molecule has 3 rings (SSSR count). The third kappa shape index (κ3) is 3.35. The summed E-state index contributed by atoms with van der Waals surface area (Å²) in [4.78, 5) is 38.3. The molecule has 2 aromatic heterocycles. The Hall–Kier alpha value is -3.22. The highest BCUT2D eigenvalue weighted by molar-refractivity contribution is 6.03. The fourth-order valence-electron chi connectivity index (χ4n) is 2.66. The first-order chi connectivity index (χ1) is 11.8.